The second-order valence-electron chi connectivity index (χ2n) is 7.06. The highest BCUT2D eigenvalue weighted by Gasteiger charge is 2.35. The second kappa shape index (κ2) is 8.92. The first-order valence-electron chi connectivity index (χ1n) is 9.60. The molecule has 2 unspecified atom stereocenters. The quantitative estimate of drug-likeness (QED) is 0.734. The standard InChI is InChI=1S/C19H26N4O4/c1-2-27-19(26)15-6-4-9-22(13-15)17(24)14-5-3-10-23(12-14)18(25)16-11-20-7-8-21-16/h7-8,11,14-15H,2-6,9-10,12-13H2,1H3. The maximum Gasteiger partial charge on any atom is 0.310 e. The third-order valence-corrected chi connectivity index (χ3v) is 5.19. The number of hydrogen-bond acceptors (Lipinski definition) is 6. The Labute approximate surface area is 158 Å². The summed E-state index contributed by atoms with van der Waals surface area (Å²) >= 11 is 0. The number of esters is 1. The zero-order valence-corrected chi connectivity index (χ0v) is 15.7. The van der Waals surface area contributed by atoms with E-state index in [0.717, 1.165) is 25.7 Å². The van der Waals surface area contributed by atoms with Crippen LogP contribution in [0.15, 0.2) is 18.6 Å². The van der Waals surface area contributed by atoms with Gasteiger partial charge in [-0.05, 0) is 32.6 Å². The number of nitrogens with zero attached hydrogens (tertiary/aromatic N) is 4. The van der Waals surface area contributed by atoms with E-state index in [2.05, 4.69) is 9.97 Å². The first kappa shape index (κ1) is 19.3. The van der Waals surface area contributed by atoms with E-state index in [9.17, 15) is 14.4 Å². The van der Waals surface area contributed by atoms with Crippen molar-refractivity contribution in [2.45, 2.75) is 32.6 Å². The number of aromatic nitrogens is 2. The number of hydrogen-bond donors (Lipinski definition) is 0. The lowest BCUT2D eigenvalue weighted by molar-refractivity contribution is -0.152. The number of carbonyl (C=O) groups excluding carboxylic acids is 3. The van der Waals surface area contributed by atoms with Crippen molar-refractivity contribution in [3.63, 3.8) is 0 Å². The number of likely N-dealkylation sites (tertiary alicyclic amines) is 2. The van der Waals surface area contributed by atoms with Gasteiger partial charge in [0.25, 0.3) is 5.91 Å². The Kier molecular flexibility index (Phi) is 6.36. The Bertz CT molecular complexity index is 682. The molecule has 2 atom stereocenters. The van der Waals surface area contributed by atoms with Gasteiger partial charge in [-0.25, -0.2) is 4.98 Å². The van der Waals surface area contributed by atoms with Gasteiger partial charge in [0, 0.05) is 38.6 Å². The summed E-state index contributed by atoms with van der Waals surface area (Å²) in [5.74, 6) is -0.869. The molecule has 2 saturated heterocycles. The van der Waals surface area contributed by atoms with Crippen LogP contribution < -0.4 is 0 Å². The molecule has 2 aliphatic heterocycles. The Morgan fingerprint density at radius 1 is 1.07 bits per heavy atom. The monoisotopic (exact) mass is 374 g/mol. The van der Waals surface area contributed by atoms with Crippen molar-refractivity contribution in [1.82, 2.24) is 19.8 Å². The number of piperidine rings is 2. The molecule has 0 spiro atoms. The Morgan fingerprint density at radius 2 is 1.78 bits per heavy atom. The molecule has 2 amide bonds. The van der Waals surface area contributed by atoms with Crippen LogP contribution >= 0.6 is 0 Å². The highest BCUT2D eigenvalue weighted by Crippen LogP contribution is 2.24. The molecule has 1 aromatic heterocycles. The van der Waals surface area contributed by atoms with E-state index in [1.807, 2.05) is 0 Å². The van der Waals surface area contributed by atoms with E-state index in [-0.39, 0.29) is 29.6 Å². The first-order chi connectivity index (χ1) is 13.1. The summed E-state index contributed by atoms with van der Waals surface area (Å²) in [6.07, 6.45) is 7.54. The Hall–Kier alpha value is -2.51. The molecular weight excluding hydrogens is 348 g/mol. The predicted molar refractivity (Wildman–Crippen MR) is 96.6 cm³/mol. The molecule has 3 heterocycles. The van der Waals surface area contributed by atoms with Gasteiger partial charge in [-0.3, -0.25) is 19.4 Å². The van der Waals surface area contributed by atoms with Gasteiger partial charge in [0.2, 0.25) is 5.91 Å². The third kappa shape index (κ3) is 4.61. The summed E-state index contributed by atoms with van der Waals surface area (Å²) in [6, 6.07) is 0. The molecule has 1 aromatic rings. The fourth-order valence-corrected chi connectivity index (χ4v) is 3.82. The van der Waals surface area contributed by atoms with E-state index in [1.165, 1.54) is 18.6 Å². The number of amides is 2. The molecule has 0 N–H and O–H groups in total. The van der Waals surface area contributed by atoms with Gasteiger partial charge in [0.15, 0.2) is 0 Å². The van der Waals surface area contributed by atoms with Crippen LogP contribution in [-0.4, -0.2) is 70.3 Å². The van der Waals surface area contributed by atoms with Gasteiger partial charge in [-0.15, -0.1) is 0 Å². The van der Waals surface area contributed by atoms with Crippen molar-refractivity contribution >= 4 is 17.8 Å². The minimum Gasteiger partial charge on any atom is -0.466 e. The van der Waals surface area contributed by atoms with Crippen molar-refractivity contribution in [2.75, 3.05) is 32.8 Å². The van der Waals surface area contributed by atoms with Crippen LogP contribution in [0.25, 0.3) is 0 Å². The molecule has 0 aliphatic carbocycles. The Morgan fingerprint density at radius 3 is 2.48 bits per heavy atom. The average Bonchev–Trinajstić information content (AvgIpc) is 2.73. The van der Waals surface area contributed by atoms with Gasteiger partial charge < -0.3 is 14.5 Å². The maximum absolute atomic E-state index is 13.0. The lowest BCUT2D eigenvalue weighted by Crippen LogP contribution is -2.50. The minimum atomic E-state index is -0.247. The van der Waals surface area contributed by atoms with Crippen LogP contribution in [0.3, 0.4) is 0 Å². The van der Waals surface area contributed by atoms with Crippen LogP contribution in [0.1, 0.15) is 43.1 Å². The van der Waals surface area contributed by atoms with Crippen LogP contribution in [-0.2, 0) is 14.3 Å². The van der Waals surface area contributed by atoms with Crippen molar-refractivity contribution in [1.29, 1.82) is 0 Å². The number of carbonyl (C=O) groups is 3. The number of rotatable bonds is 4. The summed E-state index contributed by atoms with van der Waals surface area (Å²) in [5, 5.41) is 0. The van der Waals surface area contributed by atoms with Crippen molar-refractivity contribution in [2.24, 2.45) is 11.8 Å². The third-order valence-electron chi connectivity index (χ3n) is 5.19. The fourth-order valence-electron chi connectivity index (χ4n) is 3.82. The van der Waals surface area contributed by atoms with Gasteiger partial charge >= 0.3 is 5.97 Å². The summed E-state index contributed by atoms with van der Waals surface area (Å²) in [6.45, 7) is 4.20. The topological polar surface area (TPSA) is 92.7 Å². The van der Waals surface area contributed by atoms with Gasteiger partial charge in [-0.2, -0.15) is 0 Å². The molecule has 2 fully saturated rings. The normalized spacial score (nSPS) is 23.0. The molecule has 0 radical (unpaired) electrons. The average molecular weight is 374 g/mol. The van der Waals surface area contributed by atoms with Crippen molar-refractivity contribution in [3.05, 3.63) is 24.3 Å². The second-order valence-corrected chi connectivity index (χ2v) is 7.06. The fraction of sp³-hybridized carbons (Fsp3) is 0.632. The molecule has 146 valence electrons. The summed E-state index contributed by atoms with van der Waals surface area (Å²) in [4.78, 5) is 49.1. The molecule has 3 rings (SSSR count). The molecule has 27 heavy (non-hydrogen) atoms. The van der Waals surface area contributed by atoms with Crippen molar-refractivity contribution in [3.8, 4) is 0 Å². The zero-order chi connectivity index (χ0) is 19.2. The lowest BCUT2D eigenvalue weighted by atomic mass is 9.93. The van der Waals surface area contributed by atoms with Crippen LogP contribution in [0.2, 0.25) is 0 Å². The largest absolute Gasteiger partial charge is 0.466 e. The van der Waals surface area contributed by atoms with Crippen LogP contribution in [0, 0.1) is 11.8 Å². The molecule has 0 bridgehead atoms. The molecule has 0 saturated carbocycles. The molecule has 8 nitrogen and oxygen atoms in total. The lowest BCUT2D eigenvalue weighted by Gasteiger charge is -2.37. The maximum atomic E-state index is 13.0. The van der Waals surface area contributed by atoms with E-state index in [4.69, 9.17) is 4.74 Å². The highest BCUT2D eigenvalue weighted by molar-refractivity contribution is 5.92. The summed E-state index contributed by atoms with van der Waals surface area (Å²) < 4.78 is 5.11. The van der Waals surface area contributed by atoms with E-state index in [1.54, 1.807) is 16.7 Å². The molecule has 0 aromatic carbocycles. The SMILES string of the molecule is CCOC(=O)C1CCCN(C(=O)C2CCCN(C(=O)c3cnccn3)C2)C1. The highest BCUT2D eigenvalue weighted by atomic mass is 16.5. The van der Waals surface area contributed by atoms with E-state index < -0.39 is 0 Å². The van der Waals surface area contributed by atoms with E-state index >= 15 is 0 Å². The smallest absolute Gasteiger partial charge is 0.310 e. The number of ether oxygens (including phenoxy) is 1. The van der Waals surface area contributed by atoms with Gasteiger partial charge in [0.1, 0.15) is 5.69 Å². The molecular formula is C19H26N4O4. The Balaban J connectivity index is 1.61. The van der Waals surface area contributed by atoms with E-state index in [0.29, 0.717) is 38.5 Å². The molecule has 2 aliphatic rings. The molecule has 8 heteroatoms. The predicted octanol–water partition coefficient (Wildman–Crippen LogP) is 1.13. The van der Waals surface area contributed by atoms with Crippen LogP contribution in [0.5, 0.6) is 0 Å². The van der Waals surface area contributed by atoms with Crippen molar-refractivity contribution < 1.29 is 19.1 Å². The van der Waals surface area contributed by atoms with Gasteiger partial charge in [-0.1, -0.05) is 0 Å². The minimum absolute atomic E-state index is 0.0284. The van der Waals surface area contributed by atoms with Crippen LogP contribution in [0.4, 0.5) is 0 Å². The summed E-state index contributed by atoms with van der Waals surface area (Å²) in [7, 11) is 0. The summed E-state index contributed by atoms with van der Waals surface area (Å²) in [5.41, 5.74) is 0.297. The van der Waals surface area contributed by atoms with Gasteiger partial charge in [0.05, 0.1) is 24.6 Å². The zero-order valence-electron chi connectivity index (χ0n) is 15.7. The first-order valence-corrected chi connectivity index (χ1v) is 9.60.